The van der Waals surface area contributed by atoms with Gasteiger partial charge in [-0.3, -0.25) is 0 Å². The monoisotopic (exact) mass is 242 g/mol. The molecular formula is C11H15BrO. The lowest BCUT2D eigenvalue weighted by atomic mass is 10.0. The lowest BCUT2D eigenvalue weighted by Gasteiger charge is -2.09. The van der Waals surface area contributed by atoms with Crippen LogP contribution in [-0.2, 0) is 0 Å². The van der Waals surface area contributed by atoms with Crippen LogP contribution >= 0.6 is 15.9 Å². The van der Waals surface area contributed by atoms with Gasteiger partial charge in [0, 0.05) is 4.47 Å². The molecule has 2 heteroatoms. The Balaban J connectivity index is 2.55. The van der Waals surface area contributed by atoms with Crippen molar-refractivity contribution < 1.29 is 5.11 Å². The van der Waals surface area contributed by atoms with Gasteiger partial charge in [0.05, 0.1) is 6.10 Å². The summed E-state index contributed by atoms with van der Waals surface area (Å²) in [6.45, 7) is 2.13. The number of rotatable bonds is 4. The summed E-state index contributed by atoms with van der Waals surface area (Å²) in [7, 11) is 0. The number of halogens is 1. The highest BCUT2D eigenvalue weighted by Gasteiger charge is 2.05. The molecule has 0 unspecified atom stereocenters. The Morgan fingerprint density at radius 2 is 1.92 bits per heavy atom. The van der Waals surface area contributed by atoms with E-state index in [1.165, 1.54) is 0 Å². The van der Waals surface area contributed by atoms with Crippen molar-refractivity contribution in [3.63, 3.8) is 0 Å². The van der Waals surface area contributed by atoms with Crippen molar-refractivity contribution in [1.29, 1.82) is 0 Å². The molecule has 1 atom stereocenters. The van der Waals surface area contributed by atoms with Crippen molar-refractivity contribution in [2.24, 2.45) is 0 Å². The molecule has 0 saturated carbocycles. The Kier molecular flexibility index (Phi) is 4.46. The second kappa shape index (κ2) is 5.40. The highest BCUT2D eigenvalue weighted by molar-refractivity contribution is 9.10. The molecule has 0 spiro atoms. The molecule has 1 aromatic carbocycles. The number of unbranched alkanes of at least 4 members (excludes halogenated alkanes) is 1. The normalized spacial score (nSPS) is 12.8. The third-order valence-corrected chi connectivity index (χ3v) is 2.61. The third kappa shape index (κ3) is 3.49. The molecule has 1 nitrogen and oxygen atoms in total. The highest BCUT2D eigenvalue weighted by Crippen LogP contribution is 2.20. The van der Waals surface area contributed by atoms with Gasteiger partial charge in [0.25, 0.3) is 0 Å². The molecule has 1 N–H and O–H groups in total. The van der Waals surface area contributed by atoms with E-state index in [-0.39, 0.29) is 6.10 Å². The summed E-state index contributed by atoms with van der Waals surface area (Å²) in [6, 6.07) is 7.85. The second-order valence-electron chi connectivity index (χ2n) is 3.21. The van der Waals surface area contributed by atoms with Crippen molar-refractivity contribution in [3.05, 3.63) is 34.3 Å². The van der Waals surface area contributed by atoms with Gasteiger partial charge in [0.15, 0.2) is 0 Å². The van der Waals surface area contributed by atoms with Crippen LogP contribution in [0.15, 0.2) is 28.7 Å². The van der Waals surface area contributed by atoms with E-state index in [2.05, 4.69) is 22.9 Å². The van der Waals surface area contributed by atoms with Crippen LogP contribution in [-0.4, -0.2) is 5.11 Å². The molecule has 0 heterocycles. The zero-order valence-electron chi connectivity index (χ0n) is 7.83. The summed E-state index contributed by atoms with van der Waals surface area (Å²) in [4.78, 5) is 0. The van der Waals surface area contributed by atoms with E-state index < -0.39 is 0 Å². The van der Waals surface area contributed by atoms with Gasteiger partial charge in [0.2, 0.25) is 0 Å². The molecular weight excluding hydrogens is 228 g/mol. The fraction of sp³-hybridized carbons (Fsp3) is 0.455. The van der Waals surface area contributed by atoms with Crippen LogP contribution in [0, 0.1) is 0 Å². The van der Waals surface area contributed by atoms with Crippen LogP contribution in [0.25, 0.3) is 0 Å². The average molecular weight is 243 g/mol. The molecule has 0 aliphatic rings. The first-order chi connectivity index (χ1) is 6.24. The zero-order chi connectivity index (χ0) is 9.68. The fourth-order valence-electron chi connectivity index (χ4n) is 1.25. The SMILES string of the molecule is CCCC[C@H](O)c1ccc(Br)cc1. The predicted octanol–water partition coefficient (Wildman–Crippen LogP) is 3.67. The molecule has 1 rings (SSSR count). The second-order valence-corrected chi connectivity index (χ2v) is 4.13. The molecule has 0 aromatic heterocycles. The van der Waals surface area contributed by atoms with Crippen LogP contribution in [0.1, 0.15) is 37.9 Å². The first-order valence-electron chi connectivity index (χ1n) is 4.67. The molecule has 0 aliphatic heterocycles. The lowest BCUT2D eigenvalue weighted by molar-refractivity contribution is 0.164. The van der Waals surface area contributed by atoms with Crippen LogP contribution in [0.3, 0.4) is 0 Å². The van der Waals surface area contributed by atoms with Gasteiger partial charge >= 0.3 is 0 Å². The maximum atomic E-state index is 9.73. The first-order valence-corrected chi connectivity index (χ1v) is 5.47. The number of aliphatic hydroxyl groups excluding tert-OH is 1. The minimum atomic E-state index is -0.298. The van der Waals surface area contributed by atoms with Crippen LogP contribution in [0.5, 0.6) is 0 Å². The minimum absolute atomic E-state index is 0.298. The van der Waals surface area contributed by atoms with Gasteiger partial charge in [-0.25, -0.2) is 0 Å². The number of hydrogen-bond donors (Lipinski definition) is 1. The van der Waals surface area contributed by atoms with Crippen LogP contribution in [0.2, 0.25) is 0 Å². The van der Waals surface area contributed by atoms with E-state index in [1.54, 1.807) is 0 Å². The van der Waals surface area contributed by atoms with Crippen molar-refractivity contribution in [1.82, 2.24) is 0 Å². The molecule has 0 fully saturated rings. The summed E-state index contributed by atoms with van der Waals surface area (Å²) in [5.74, 6) is 0. The van der Waals surface area contributed by atoms with Crippen molar-refractivity contribution in [2.45, 2.75) is 32.3 Å². The number of aliphatic hydroxyl groups is 1. The molecule has 0 amide bonds. The van der Waals surface area contributed by atoms with Gasteiger partial charge in [-0.1, -0.05) is 47.8 Å². The Bertz CT molecular complexity index is 243. The van der Waals surface area contributed by atoms with Crippen LogP contribution < -0.4 is 0 Å². The molecule has 13 heavy (non-hydrogen) atoms. The van der Waals surface area contributed by atoms with Crippen LogP contribution in [0.4, 0.5) is 0 Å². The lowest BCUT2D eigenvalue weighted by Crippen LogP contribution is -1.96. The van der Waals surface area contributed by atoms with Crippen molar-refractivity contribution >= 4 is 15.9 Å². The summed E-state index contributed by atoms with van der Waals surface area (Å²) in [5.41, 5.74) is 1.01. The zero-order valence-corrected chi connectivity index (χ0v) is 9.42. The summed E-state index contributed by atoms with van der Waals surface area (Å²) in [6.07, 6.45) is 2.77. The van der Waals surface area contributed by atoms with Gasteiger partial charge in [-0.15, -0.1) is 0 Å². The predicted molar refractivity (Wildman–Crippen MR) is 58.6 cm³/mol. The van der Waals surface area contributed by atoms with Crippen molar-refractivity contribution in [2.75, 3.05) is 0 Å². The average Bonchev–Trinajstić information content (AvgIpc) is 2.15. The number of hydrogen-bond acceptors (Lipinski definition) is 1. The van der Waals surface area contributed by atoms with Crippen molar-refractivity contribution in [3.8, 4) is 0 Å². The largest absolute Gasteiger partial charge is 0.388 e. The van der Waals surface area contributed by atoms with E-state index in [0.29, 0.717) is 0 Å². The van der Waals surface area contributed by atoms with Gasteiger partial charge in [-0.05, 0) is 24.1 Å². The van der Waals surface area contributed by atoms with E-state index in [0.717, 1.165) is 29.3 Å². The van der Waals surface area contributed by atoms with Gasteiger partial charge in [-0.2, -0.15) is 0 Å². The minimum Gasteiger partial charge on any atom is -0.388 e. The standard InChI is InChI=1S/C11H15BrO/c1-2-3-4-11(13)9-5-7-10(12)8-6-9/h5-8,11,13H,2-4H2,1H3/t11-/m0/s1. The van der Waals surface area contributed by atoms with E-state index >= 15 is 0 Å². The maximum absolute atomic E-state index is 9.73. The van der Waals surface area contributed by atoms with E-state index in [4.69, 9.17) is 0 Å². The molecule has 72 valence electrons. The maximum Gasteiger partial charge on any atom is 0.0790 e. The Labute approximate surface area is 87.9 Å². The summed E-state index contributed by atoms with van der Waals surface area (Å²) >= 11 is 3.37. The quantitative estimate of drug-likeness (QED) is 0.855. The highest BCUT2D eigenvalue weighted by atomic mass is 79.9. The third-order valence-electron chi connectivity index (χ3n) is 2.09. The first kappa shape index (κ1) is 10.7. The Hall–Kier alpha value is -0.340. The van der Waals surface area contributed by atoms with Gasteiger partial charge < -0.3 is 5.11 Å². The Morgan fingerprint density at radius 3 is 2.46 bits per heavy atom. The molecule has 1 aromatic rings. The molecule has 0 aliphatic carbocycles. The van der Waals surface area contributed by atoms with E-state index in [1.807, 2.05) is 24.3 Å². The fourth-order valence-corrected chi connectivity index (χ4v) is 1.51. The summed E-state index contributed by atoms with van der Waals surface area (Å²) < 4.78 is 1.05. The molecule has 0 saturated heterocycles. The number of benzene rings is 1. The molecule has 0 bridgehead atoms. The molecule has 0 radical (unpaired) electrons. The topological polar surface area (TPSA) is 20.2 Å². The summed E-state index contributed by atoms with van der Waals surface area (Å²) in [5, 5.41) is 9.73. The Morgan fingerprint density at radius 1 is 1.31 bits per heavy atom. The van der Waals surface area contributed by atoms with E-state index in [9.17, 15) is 5.11 Å². The smallest absolute Gasteiger partial charge is 0.0790 e. The van der Waals surface area contributed by atoms with Gasteiger partial charge in [0.1, 0.15) is 0 Å².